The Morgan fingerprint density at radius 2 is 1.02 bits per heavy atom. The molecule has 14 heteroatoms. The molecular weight excluding hydrogens is 798 g/mol. The van der Waals surface area contributed by atoms with E-state index in [0.717, 1.165) is 68.6 Å². The van der Waals surface area contributed by atoms with E-state index in [1.54, 1.807) is 6.92 Å². The number of nitrogens with zero attached hydrogens (tertiary/aromatic N) is 2. The molecule has 1 saturated heterocycles. The Morgan fingerprint density at radius 1 is 0.629 bits per heavy atom. The number of unbranched alkanes of at least 4 members (excludes halogenated alkanes) is 24. The van der Waals surface area contributed by atoms with Crippen LogP contribution >= 0.6 is 0 Å². The molecule has 1 aliphatic rings. The van der Waals surface area contributed by atoms with Crippen molar-refractivity contribution in [2.75, 3.05) is 5.32 Å². The van der Waals surface area contributed by atoms with E-state index >= 15 is 4.39 Å². The fraction of sp³-hybridized carbons (Fsp3) is 0.833. The lowest BCUT2D eigenvalue weighted by atomic mass is 10.1. The quantitative estimate of drug-likeness (QED) is 0.0295. The molecule has 2 heterocycles. The molecule has 1 fully saturated rings. The number of halogens is 1. The van der Waals surface area contributed by atoms with Gasteiger partial charge in [-0.05, 0) is 26.2 Å². The van der Waals surface area contributed by atoms with Gasteiger partial charge in [0.15, 0.2) is 30.1 Å². The van der Waals surface area contributed by atoms with Gasteiger partial charge < -0.3 is 23.7 Å². The first-order valence-electron chi connectivity index (χ1n) is 24.5. The highest BCUT2D eigenvalue weighted by Gasteiger charge is 2.49. The normalized spacial score (nSPS) is 17.7. The van der Waals surface area contributed by atoms with Gasteiger partial charge >= 0.3 is 29.7 Å². The predicted octanol–water partition coefficient (Wildman–Crippen LogP) is 12.3. The molecule has 1 N–H and O–H groups in total. The number of amides is 1. The third-order valence-electron chi connectivity index (χ3n) is 11.4. The van der Waals surface area contributed by atoms with Gasteiger partial charge in [-0.3, -0.25) is 24.3 Å². The van der Waals surface area contributed by atoms with Crippen LogP contribution in [-0.2, 0) is 38.1 Å². The molecule has 0 bridgehead atoms. The van der Waals surface area contributed by atoms with Gasteiger partial charge in [0.2, 0.25) is 6.29 Å². The number of carbonyl (C=O) groups excluding carboxylic acids is 4. The van der Waals surface area contributed by atoms with Crippen molar-refractivity contribution in [1.82, 2.24) is 9.55 Å². The molecule has 0 radical (unpaired) electrons. The molecule has 5 atom stereocenters. The van der Waals surface area contributed by atoms with Crippen molar-refractivity contribution in [1.29, 1.82) is 0 Å². The SMILES string of the molecule is CCCCCCCCCCCC(=O)OC(C)OC(=O)Nc1nc(=O)n([C@@H]2O[C@H](C)[C@@H](OC(=O)CCCCCCCCCCC)[C@H]2OC(=O)CCCCCCCCCCC)cc1F. The van der Waals surface area contributed by atoms with Crippen LogP contribution in [0.1, 0.15) is 233 Å². The first kappa shape index (κ1) is 54.6. The summed E-state index contributed by atoms with van der Waals surface area (Å²) >= 11 is 0. The van der Waals surface area contributed by atoms with Crippen molar-refractivity contribution >= 4 is 29.8 Å². The Morgan fingerprint density at radius 3 is 1.45 bits per heavy atom. The lowest BCUT2D eigenvalue weighted by molar-refractivity contribution is -0.168. The Kier molecular flexibility index (Phi) is 29.9. The Bertz CT molecular complexity index is 1460. The number of rotatable bonds is 36. The number of hydrogen-bond donors (Lipinski definition) is 1. The molecule has 0 spiro atoms. The number of anilines is 1. The van der Waals surface area contributed by atoms with E-state index in [2.05, 4.69) is 31.1 Å². The highest BCUT2D eigenvalue weighted by molar-refractivity contribution is 5.83. The van der Waals surface area contributed by atoms with Crippen molar-refractivity contribution < 1.29 is 47.3 Å². The molecule has 13 nitrogen and oxygen atoms in total. The second-order valence-electron chi connectivity index (χ2n) is 17.1. The summed E-state index contributed by atoms with van der Waals surface area (Å²) in [5, 5.41) is 2.09. The number of hydrogen-bond acceptors (Lipinski definition) is 11. The molecule has 1 aromatic heterocycles. The Labute approximate surface area is 371 Å². The van der Waals surface area contributed by atoms with Crippen molar-refractivity contribution in [2.45, 2.75) is 258 Å². The second-order valence-corrected chi connectivity index (χ2v) is 17.1. The van der Waals surface area contributed by atoms with Crippen LogP contribution < -0.4 is 11.0 Å². The average Bonchev–Trinajstić information content (AvgIpc) is 3.52. The molecule has 0 aromatic carbocycles. The number of carbonyl (C=O) groups is 4. The zero-order chi connectivity index (χ0) is 45.4. The van der Waals surface area contributed by atoms with Crippen molar-refractivity contribution in [3.8, 4) is 0 Å². The highest BCUT2D eigenvalue weighted by Crippen LogP contribution is 2.34. The summed E-state index contributed by atoms with van der Waals surface area (Å²) in [7, 11) is 0. The summed E-state index contributed by atoms with van der Waals surface area (Å²) in [6.07, 6.45) is 23.6. The topological polar surface area (TPSA) is 161 Å². The Hall–Kier alpha value is -3.55. The molecule has 1 aromatic rings. The first-order valence-corrected chi connectivity index (χ1v) is 24.5. The average molecular weight is 880 g/mol. The van der Waals surface area contributed by atoms with Crippen LogP contribution in [-0.4, -0.2) is 58.2 Å². The standard InChI is InChI=1S/C48H82FN3O10/c1-6-9-12-15-18-21-24-27-30-33-40(53)59-38(5)60-48(57)51-45-39(49)36-52(47(56)50-45)46-44(62-42(55)35-32-29-26-23-20-17-14-11-8-3)43(37(4)58-46)61-41(54)34-31-28-25-22-19-16-13-10-7-2/h36-38,43-44,46H,6-35H2,1-5H3,(H,50,51,56,57)/t37-,38?,43-,44-,46-/m1/s1. The van der Waals surface area contributed by atoms with Crippen molar-refractivity contribution in [3.05, 3.63) is 22.5 Å². The molecular formula is C48H82FN3O10. The van der Waals surface area contributed by atoms with Crippen LogP contribution in [0.25, 0.3) is 0 Å². The maximum absolute atomic E-state index is 15.5. The van der Waals surface area contributed by atoms with Crippen LogP contribution in [0.4, 0.5) is 15.0 Å². The van der Waals surface area contributed by atoms with Crippen LogP contribution in [0.3, 0.4) is 0 Å². The zero-order valence-electron chi connectivity index (χ0n) is 39.0. The molecule has 356 valence electrons. The molecule has 62 heavy (non-hydrogen) atoms. The van der Waals surface area contributed by atoms with E-state index in [1.165, 1.54) is 103 Å². The fourth-order valence-electron chi connectivity index (χ4n) is 7.74. The highest BCUT2D eigenvalue weighted by atomic mass is 19.1. The summed E-state index contributed by atoms with van der Waals surface area (Å²) in [6, 6.07) is 0. The molecule has 1 amide bonds. The van der Waals surface area contributed by atoms with Gasteiger partial charge in [-0.2, -0.15) is 4.98 Å². The van der Waals surface area contributed by atoms with E-state index in [-0.39, 0.29) is 19.3 Å². The number of esters is 3. The second kappa shape index (κ2) is 33.9. The van der Waals surface area contributed by atoms with Crippen LogP contribution in [0.5, 0.6) is 0 Å². The molecule has 2 rings (SSSR count). The van der Waals surface area contributed by atoms with Crippen LogP contribution in [0.2, 0.25) is 0 Å². The maximum Gasteiger partial charge on any atom is 0.415 e. The van der Waals surface area contributed by atoms with E-state index < -0.39 is 72.2 Å². The Balaban J connectivity index is 2.00. The minimum atomic E-state index is -1.37. The molecule has 0 saturated carbocycles. The fourth-order valence-corrected chi connectivity index (χ4v) is 7.74. The predicted molar refractivity (Wildman–Crippen MR) is 239 cm³/mol. The van der Waals surface area contributed by atoms with E-state index in [1.807, 2.05) is 0 Å². The number of ether oxygens (including phenoxy) is 5. The minimum Gasteiger partial charge on any atom is -0.455 e. The lowest BCUT2D eigenvalue weighted by Gasteiger charge is -2.24. The summed E-state index contributed by atoms with van der Waals surface area (Å²) in [5.74, 6) is -3.39. The molecule has 0 aliphatic carbocycles. The van der Waals surface area contributed by atoms with Crippen molar-refractivity contribution in [2.24, 2.45) is 0 Å². The zero-order valence-corrected chi connectivity index (χ0v) is 39.0. The van der Waals surface area contributed by atoms with Crippen molar-refractivity contribution in [3.63, 3.8) is 0 Å². The van der Waals surface area contributed by atoms with Gasteiger partial charge in [-0.15, -0.1) is 0 Å². The van der Waals surface area contributed by atoms with Gasteiger partial charge in [0.25, 0.3) is 0 Å². The smallest absolute Gasteiger partial charge is 0.415 e. The van der Waals surface area contributed by atoms with E-state index in [0.29, 0.717) is 19.3 Å². The van der Waals surface area contributed by atoms with E-state index in [4.69, 9.17) is 23.7 Å². The molecule has 1 aliphatic heterocycles. The van der Waals surface area contributed by atoms with Gasteiger partial charge in [0.1, 0.15) is 0 Å². The van der Waals surface area contributed by atoms with Gasteiger partial charge in [-0.1, -0.05) is 175 Å². The monoisotopic (exact) mass is 880 g/mol. The summed E-state index contributed by atoms with van der Waals surface area (Å²) in [6.45, 7) is 9.56. The van der Waals surface area contributed by atoms with Crippen LogP contribution in [0, 0.1) is 5.82 Å². The summed E-state index contributed by atoms with van der Waals surface area (Å²) in [5.41, 5.74) is -1.03. The minimum absolute atomic E-state index is 0.117. The maximum atomic E-state index is 15.5. The summed E-state index contributed by atoms with van der Waals surface area (Å²) in [4.78, 5) is 68.2. The molecule has 1 unspecified atom stereocenters. The largest absolute Gasteiger partial charge is 0.455 e. The van der Waals surface area contributed by atoms with Crippen LogP contribution in [0.15, 0.2) is 11.0 Å². The van der Waals surface area contributed by atoms with E-state index in [9.17, 15) is 24.0 Å². The lowest BCUT2D eigenvalue weighted by Crippen LogP contribution is -2.41. The number of nitrogens with one attached hydrogen (secondary N) is 1. The first-order chi connectivity index (χ1) is 30.0. The third-order valence-corrected chi connectivity index (χ3v) is 11.4. The van der Waals surface area contributed by atoms with Gasteiger partial charge in [-0.25, -0.2) is 14.0 Å². The number of aromatic nitrogens is 2. The van der Waals surface area contributed by atoms with Gasteiger partial charge in [0, 0.05) is 26.2 Å². The van der Waals surface area contributed by atoms with Gasteiger partial charge in [0.05, 0.1) is 12.3 Å². The third kappa shape index (κ3) is 23.8. The summed E-state index contributed by atoms with van der Waals surface area (Å²) < 4.78 is 44.3.